The summed E-state index contributed by atoms with van der Waals surface area (Å²) in [5.74, 6) is -0.0534. The molecular formula is C12H16Br2N2O2S. The summed E-state index contributed by atoms with van der Waals surface area (Å²) in [7, 11) is 1.76. The van der Waals surface area contributed by atoms with Crippen LogP contribution < -0.4 is 5.32 Å². The second-order valence-corrected chi connectivity index (χ2v) is 7.93. The van der Waals surface area contributed by atoms with E-state index in [9.17, 15) is 9.59 Å². The van der Waals surface area contributed by atoms with Crippen molar-refractivity contribution in [2.45, 2.75) is 13.3 Å². The maximum absolute atomic E-state index is 12.1. The van der Waals surface area contributed by atoms with Crippen molar-refractivity contribution < 1.29 is 9.59 Å². The van der Waals surface area contributed by atoms with E-state index >= 15 is 0 Å². The molecule has 0 bridgehead atoms. The van der Waals surface area contributed by atoms with Crippen LogP contribution in [0.1, 0.15) is 23.7 Å². The lowest BCUT2D eigenvalue weighted by atomic mass is 10.2. The molecule has 106 valence electrons. The molecule has 0 saturated carbocycles. The number of halogens is 2. The Hall–Kier alpha value is -0.240. The molecule has 4 nitrogen and oxygen atoms in total. The molecule has 0 saturated heterocycles. The molecule has 0 aromatic carbocycles. The number of hydrogen-bond donors (Lipinski definition) is 1. The average Bonchev–Trinajstić information content (AvgIpc) is 2.65. The van der Waals surface area contributed by atoms with Crippen LogP contribution in [0.15, 0.2) is 13.6 Å². The zero-order chi connectivity index (χ0) is 14.4. The number of Topliss-reactive ketones (excluding diaryl/α,β-unsaturated/α-hetero) is 1. The van der Waals surface area contributed by atoms with Crippen molar-refractivity contribution in [3.05, 3.63) is 19.2 Å². The summed E-state index contributed by atoms with van der Waals surface area (Å²) in [6, 6.07) is 1.79. The number of thiophene rings is 1. The molecule has 1 N–H and O–H groups in total. The van der Waals surface area contributed by atoms with Crippen LogP contribution in [-0.2, 0) is 4.79 Å². The van der Waals surface area contributed by atoms with Crippen molar-refractivity contribution in [3.63, 3.8) is 0 Å². The Morgan fingerprint density at radius 1 is 1.37 bits per heavy atom. The molecule has 0 spiro atoms. The van der Waals surface area contributed by atoms with Crippen molar-refractivity contribution in [3.8, 4) is 0 Å². The first kappa shape index (κ1) is 16.8. The van der Waals surface area contributed by atoms with E-state index in [0.29, 0.717) is 12.1 Å². The molecule has 0 radical (unpaired) electrons. The van der Waals surface area contributed by atoms with E-state index < -0.39 is 0 Å². The van der Waals surface area contributed by atoms with E-state index in [1.54, 1.807) is 18.0 Å². The van der Waals surface area contributed by atoms with Crippen molar-refractivity contribution >= 4 is 54.9 Å². The summed E-state index contributed by atoms with van der Waals surface area (Å²) in [5, 5.41) is 2.79. The van der Waals surface area contributed by atoms with Gasteiger partial charge < -0.3 is 5.32 Å². The van der Waals surface area contributed by atoms with Gasteiger partial charge in [0.15, 0.2) is 5.78 Å². The van der Waals surface area contributed by atoms with Crippen LogP contribution in [-0.4, -0.2) is 43.3 Å². The Morgan fingerprint density at radius 3 is 2.58 bits per heavy atom. The van der Waals surface area contributed by atoms with Gasteiger partial charge in [0.25, 0.3) is 0 Å². The first-order valence-electron chi connectivity index (χ1n) is 5.87. The molecule has 0 aliphatic carbocycles. The molecule has 1 aromatic heterocycles. The Bertz CT molecular complexity index is 463. The van der Waals surface area contributed by atoms with E-state index in [4.69, 9.17) is 0 Å². The largest absolute Gasteiger partial charge is 0.355 e. The minimum Gasteiger partial charge on any atom is -0.355 e. The van der Waals surface area contributed by atoms with Crippen molar-refractivity contribution in [2.24, 2.45) is 0 Å². The molecule has 1 rings (SSSR count). The molecule has 1 heterocycles. The number of nitrogens with zero attached hydrogens (tertiary/aromatic N) is 1. The quantitative estimate of drug-likeness (QED) is 0.701. The minimum atomic E-state index is -0.0530. The second-order valence-electron chi connectivity index (χ2n) is 4.18. The van der Waals surface area contributed by atoms with Crippen LogP contribution in [0, 0.1) is 0 Å². The minimum absolute atomic E-state index is 0.000355. The number of ketones is 1. The summed E-state index contributed by atoms with van der Waals surface area (Å²) in [4.78, 5) is 25.3. The van der Waals surface area contributed by atoms with Crippen LogP contribution in [0.5, 0.6) is 0 Å². The number of likely N-dealkylation sites (N-methyl/N-ethyl adjacent to an activating group) is 1. The standard InChI is InChI=1S/C12H16Br2N2O2S/c1-3-4-15-11(18)7-16(2)6-9(17)8-5-10(13)19-12(8)14/h5H,3-4,6-7H2,1-2H3,(H,15,18). The fourth-order valence-electron chi connectivity index (χ4n) is 1.48. The van der Waals surface area contributed by atoms with Crippen LogP contribution in [0.25, 0.3) is 0 Å². The highest BCUT2D eigenvalue weighted by atomic mass is 79.9. The van der Waals surface area contributed by atoms with Crippen LogP contribution in [0.4, 0.5) is 0 Å². The van der Waals surface area contributed by atoms with Gasteiger partial charge >= 0.3 is 0 Å². The lowest BCUT2D eigenvalue weighted by molar-refractivity contribution is -0.121. The molecule has 1 amide bonds. The summed E-state index contributed by atoms with van der Waals surface area (Å²) in [6.45, 7) is 3.12. The van der Waals surface area contributed by atoms with Crippen LogP contribution in [0.3, 0.4) is 0 Å². The third-order valence-electron chi connectivity index (χ3n) is 2.36. The molecule has 0 aliphatic rings. The maximum atomic E-state index is 12.1. The second kappa shape index (κ2) is 8.14. The number of hydrogen-bond acceptors (Lipinski definition) is 4. The normalized spacial score (nSPS) is 10.8. The Morgan fingerprint density at radius 2 is 2.05 bits per heavy atom. The Kier molecular flexibility index (Phi) is 7.20. The first-order chi connectivity index (χ1) is 8.93. The fourth-order valence-corrected chi connectivity index (χ4v) is 4.34. The topological polar surface area (TPSA) is 49.4 Å². The van der Waals surface area contributed by atoms with Gasteiger partial charge in [-0.05, 0) is 51.4 Å². The van der Waals surface area contributed by atoms with E-state index in [1.165, 1.54) is 11.3 Å². The van der Waals surface area contributed by atoms with Crippen LogP contribution >= 0.6 is 43.2 Å². The van der Waals surface area contributed by atoms with Gasteiger partial charge in [0.2, 0.25) is 5.91 Å². The molecule has 0 unspecified atom stereocenters. The highest BCUT2D eigenvalue weighted by Gasteiger charge is 2.16. The van der Waals surface area contributed by atoms with Gasteiger partial charge in [0.05, 0.1) is 20.7 Å². The predicted octanol–water partition coefficient (Wildman–Crippen LogP) is 2.91. The van der Waals surface area contributed by atoms with E-state index in [2.05, 4.69) is 37.2 Å². The third kappa shape index (κ3) is 5.72. The summed E-state index contributed by atoms with van der Waals surface area (Å²) in [5.41, 5.74) is 0.651. The summed E-state index contributed by atoms with van der Waals surface area (Å²) < 4.78 is 1.72. The smallest absolute Gasteiger partial charge is 0.234 e. The van der Waals surface area contributed by atoms with Gasteiger partial charge in [0.1, 0.15) is 0 Å². The van der Waals surface area contributed by atoms with Crippen molar-refractivity contribution in [1.82, 2.24) is 10.2 Å². The first-order valence-corrected chi connectivity index (χ1v) is 8.27. The number of rotatable bonds is 7. The number of amides is 1. The van der Waals surface area contributed by atoms with Gasteiger partial charge in [-0.15, -0.1) is 11.3 Å². The monoisotopic (exact) mass is 410 g/mol. The molecular weight excluding hydrogens is 396 g/mol. The Labute approximate surface area is 133 Å². The van der Waals surface area contributed by atoms with E-state index in [-0.39, 0.29) is 24.8 Å². The van der Waals surface area contributed by atoms with Gasteiger partial charge in [-0.3, -0.25) is 14.5 Å². The number of carbonyl (C=O) groups excluding carboxylic acids is 2. The molecule has 0 atom stereocenters. The predicted molar refractivity (Wildman–Crippen MR) is 84.8 cm³/mol. The average molecular weight is 412 g/mol. The van der Waals surface area contributed by atoms with Crippen molar-refractivity contribution in [2.75, 3.05) is 26.7 Å². The fraction of sp³-hybridized carbons (Fsp3) is 0.500. The highest BCUT2D eigenvalue weighted by molar-refractivity contribution is 9.12. The zero-order valence-electron chi connectivity index (χ0n) is 10.8. The number of carbonyl (C=O) groups is 2. The zero-order valence-corrected chi connectivity index (χ0v) is 14.8. The van der Waals surface area contributed by atoms with Crippen LogP contribution in [0.2, 0.25) is 0 Å². The summed E-state index contributed by atoms with van der Waals surface area (Å²) >= 11 is 8.17. The molecule has 19 heavy (non-hydrogen) atoms. The lowest BCUT2D eigenvalue weighted by Gasteiger charge is -2.15. The molecule has 0 aliphatic heterocycles. The SMILES string of the molecule is CCCNC(=O)CN(C)CC(=O)c1cc(Br)sc1Br. The van der Waals surface area contributed by atoms with E-state index in [1.807, 2.05) is 6.92 Å². The third-order valence-corrected chi connectivity index (χ3v) is 4.70. The van der Waals surface area contributed by atoms with Gasteiger partial charge in [-0.2, -0.15) is 0 Å². The van der Waals surface area contributed by atoms with Crippen molar-refractivity contribution in [1.29, 1.82) is 0 Å². The van der Waals surface area contributed by atoms with Gasteiger partial charge in [-0.25, -0.2) is 0 Å². The highest BCUT2D eigenvalue weighted by Crippen LogP contribution is 2.32. The lowest BCUT2D eigenvalue weighted by Crippen LogP contribution is -2.37. The van der Waals surface area contributed by atoms with E-state index in [0.717, 1.165) is 14.0 Å². The molecule has 0 fully saturated rings. The summed E-state index contributed by atoms with van der Waals surface area (Å²) in [6.07, 6.45) is 0.907. The Balaban J connectivity index is 2.48. The van der Waals surface area contributed by atoms with Gasteiger partial charge in [-0.1, -0.05) is 6.92 Å². The maximum Gasteiger partial charge on any atom is 0.234 e. The molecule has 7 heteroatoms. The number of nitrogens with one attached hydrogen (secondary N) is 1. The molecule has 1 aromatic rings. The van der Waals surface area contributed by atoms with Gasteiger partial charge in [0, 0.05) is 12.1 Å².